The van der Waals surface area contributed by atoms with E-state index >= 15 is 0 Å². The van der Waals surface area contributed by atoms with E-state index in [1.165, 1.54) is 48.1 Å². The van der Waals surface area contributed by atoms with Gasteiger partial charge in [0.1, 0.15) is 5.82 Å². The summed E-state index contributed by atoms with van der Waals surface area (Å²) in [5, 5.41) is 3.34. The fraction of sp³-hybridized carbons (Fsp3) is 0.333. The van der Waals surface area contributed by atoms with E-state index in [4.69, 9.17) is 0 Å². The molecule has 0 bridgehead atoms. The van der Waals surface area contributed by atoms with Gasteiger partial charge in [0.15, 0.2) is 0 Å². The molecule has 0 spiro atoms. The minimum Gasteiger partial charge on any atom is -0.313 e. The molecule has 1 aliphatic carbocycles. The second-order valence-electron chi connectivity index (χ2n) is 5.67. The van der Waals surface area contributed by atoms with Crippen LogP contribution in [0.1, 0.15) is 34.7 Å². The first-order valence-electron chi connectivity index (χ1n) is 7.40. The summed E-state index contributed by atoms with van der Waals surface area (Å²) < 4.78 is 14.1. The third-order valence-electron chi connectivity index (χ3n) is 4.29. The van der Waals surface area contributed by atoms with Gasteiger partial charge < -0.3 is 5.32 Å². The molecule has 3 heteroatoms. The molecule has 0 aliphatic heterocycles. The third kappa shape index (κ3) is 3.19. The van der Waals surface area contributed by atoms with E-state index < -0.39 is 0 Å². The van der Waals surface area contributed by atoms with Gasteiger partial charge in [0.2, 0.25) is 0 Å². The van der Waals surface area contributed by atoms with E-state index in [-0.39, 0.29) is 11.9 Å². The maximum atomic E-state index is 13.2. The van der Waals surface area contributed by atoms with Gasteiger partial charge in [-0.25, -0.2) is 4.39 Å². The molecule has 1 N–H and O–H groups in total. The molecule has 0 heterocycles. The number of benzene rings is 2. The summed E-state index contributed by atoms with van der Waals surface area (Å²) in [5.74, 6) is -0.210. The number of likely N-dealkylation sites (N-methyl/N-ethyl adjacent to an activating group) is 1. The summed E-state index contributed by atoms with van der Waals surface area (Å²) in [4.78, 5) is 0. The van der Waals surface area contributed by atoms with Gasteiger partial charge in [-0.1, -0.05) is 40.2 Å². The zero-order valence-electron chi connectivity index (χ0n) is 12.1. The van der Waals surface area contributed by atoms with Crippen LogP contribution >= 0.6 is 15.9 Å². The highest BCUT2D eigenvalue weighted by Crippen LogP contribution is 2.29. The SMILES string of the molecule is CNC(Cc1ccc2c(c1)CCC2)c1ccc(F)cc1Br. The van der Waals surface area contributed by atoms with E-state index in [0.717, 1.165) is 16.5 Å². The predicted molar refractivity (Wildman–Crippen MR) is 88.1 cm³/mol. The Labute approximate surface area is 133 Å². The van der Waals surface area contributed by atoms with Gasteiger partial charge >= 0.3 is 0 Å². The minimum atomic E-state index is -0.210. The molecule has 1 unspecified atom stereocenters. The highest BCUT2D eigenvalue weighted by Gasteiger charge is 2.16. The van der Waals surface area contributed by atoms with Gasteiger partial charge in [-0.05, 0) is 67.1 Å². The summed E-state index contributed by atoms with van der Waals surface area (Å²) in [6, 6.07) is 11.9. The van der Waals surface area contributed by atoms with Crippen LogP contribution < -0.4 is 5.32 Å². The van der Waals surface area contributed by atoms with Crippen LogP contribution in [-0.4, -0.2) is 7.05 Å². The van der Waals surface area contributed by atoms with E-state index in [2.05, 4.69) is 39.4 Å². The van der Waals surface area contributed by atoms with Gasteiger partial charge in [0.25, 0.3) is 0 Å². The fourth-order valence-corrected chi connectivity index (χ4v) is 3.77. The van der Waals surface area contributed by atoms with E-state index in [9.17, 15) is 4.39 Å². The topological polar surface area (TPSA) is 12.0 Å². The number of halogens is 2. The lowest BCUT2D eigenvalue weighted by Gasteiger charge is -2.19. The Balaban J connectivity index is 1.84. The zero-order chi connectivity index (χ0) is 14.8. The number of hydrogen-bond acceptors (Lipinski definition) is 1. The molecule has 1 nitrogen and oxygen atoms in total. The molecular formula is C18H19BrFN. The van der Waals surface area contributed by atoms with Crippen molar-refractivity contribution in [2.75, 3.05) is 7.05 Å². The summed E-state index contributed by atoms with van der Waals surface area (Å²) >= 11 is 3.47. The molecule has 0 radical (unpaired) electrons. The van der Waals surface area contributed by atoms with Crippen LogP contribution in [0.15, 0.2) is 40.9 Å². The Kier molecular flexibility index (Phi) is 4.41. The molecule has 0 aromatic heterocycles. The van der Waals surface area contributed by atoms with Crippen molar-refractivity contribution in [2.24, 2.45) is 0 Å². The molecule has 1 atom stereocenters. The average Bonchev–Trinajstić information content (AvgIpc) is 2.93. The Hall–Kier alpha value is -1.19. The van der Waals surface area contributed by atoms with Crippen molar-refractivity contribution in [1.29, 1.82) is 0 Å². The van der Waals surface area contributed by atoms with Crippen LogP contribution in [0.25, 0.3) is 0 Å². The van der Waals surface area contributed by atoms with Gasteiger partial charge in [-0.2, -0.15) is 0 Å². The van der Waals surface area contributed by atoms with Crippen molar-refractivity contribution in [1.82, 2.24) is 5.32 Å². The molecule has 110 valence electrons. The van der Waals surface area contributed by atoms with Crippen LogP contribution in [0.3, 0.4) is 0 Å². The quantitative estimate of drug-likeness (QED) is 0.853. The van der Waals surface area contributed by atoms with E-state index in [0.29, 0.717) is 0 Å². The molecule has 3 rings (SSSR count). The van der Waals surface area contributed by atoms with Crippen molar-refractivity contribution < 1.29 is 4.39 Å². The van der Waals surface area contributed by atoms with Gasteiger partial charge in [-0.15, -0.1) is 0 Å². The summed E-state index contributed by atoms with van der Waals surface area (Å²) in [6.45, 7) is 0. The summed E-state index contributed by atoms with van der Waals surface area (Å²) in [6.07, 6.45) is 4.61. The maximum Gasteiger partial charge on any atom is 0.124 e. The summed E-state index contributed by atoms with van der Waals surface area (Å²) in [5.41, 5.74) is 5.44. The molecule has 1 aliphatic rings. The first kappa shape index (κ1) is 14.7. The van der Waals surface area contributed by atoms with Crippen molar-refractivity contribution >= 4 is 15.9 Å². The highest BCUT2D eigenvalue weighted by atomic mass is 79.9. The number of hydrogen-bond donors (Lipinski definition) is 1. The first-order chi connectivity index (χ1) is 10.2. The second kappa shape index (κ2) is 6.29. The highest BCUT2D eigenvalue weighted by molar-refractivity contribution is 9.10. The minimum absolute atomic E-state index is 0.180. The van der Waals surface area contributed by atoms with Crippen molar-refractivity contribution in [3.8, 4) is 0 Å². The smallest absolute Gasteiger partial charge is 0.124 e. The lowest BCUT2D eigenvalue weighted by atomic mass is 9.96. The van der Waals surface area contributed by atoms with E-state index in [1.54, 1.807) is 0 Å². The standard InChI is InChI=1S/C18H19BrFN/c1-21-18(16-8-7-15(20)11-17(16)19)10-12-5-6-13-3-2-4-14(13)9-12/h5-9,11,18,21H,2-4,10H2,1H3. The third-order valence-corrected chi connectivity index (χ3v) is 4.98. The Morgan fingerprint density at radius 2 is 1.95 bits per heavy atom. The van der Waals surface area contributed by atoms with Crippen molar-refractivity contribution in [3.05, 3.63) is 68.9 Å². The Morgan fingerprint density at radius 3 is 2.71 bits per heavy atom. The number of nitrogens with one attached hydrogen (secondary N) is 1. The zero-order valence-corrected chi connectivity index (χ0v) is 13.7. The van der Waals surface area contributed by atoms with Gasteiger partial charge in [-0.3, -0.25) is 0 Å². The van der Waals surface area contributed by atoms with Gasteiger partial charge in [0, 0.05) is 10.5 Å². The lowest BCUT2D eigenvalue weighted by molar-refractivity contribution is 0.583. The lowest BCUT2D eigenvalue weighted by Crippen LogP contribution is -2.19. The monoisotopic (exact) mass is 347 g/mol. The normalized spacial score (nSPS) is 15.0. The van der Waals surface area contributed by atoms with Crippen LogP contribution in [0.2, 0.25) is 0 Å². The number of rotatable bonds is 4. The van der Waals surface area contributed by atoms with Crippen LogP contribution in [0.4, 0.5) is 4.39 Å². The van der Waals surface area contributed by atoms with Crippen LogP contribution in [-0.2, 0) is 19.3 Å². The number of fused-ring (bicyclic) bond motifs is 1. The molecule has 0 saturated heterocycles. The average molecular weight is 348 g/mol. The Bertz CT molecular complexity index is 654. The second-order valence-corrected chi connectivity index (χ2v) is 6.52. The predicted octanol–water partition coefficient (Wildman–Crippen LogP) is 4.58. The van der Waals surface area contributed by atoms with Gasteiger partial charge in [0.05, 0.1) is 0 Å². The molecule has 0 fully saturated rings. The van der Waals surface area contributed by atoms with Crippen molar-refractivity contribution in [2.45, 2.75) is 31.7 Å². The largest absolute Gasteiger partial charge is 0.313 e. The molecule has 21 heavy (non-hydrogen) atoms. The summed E-state index contributed by atoms with van der Waals surface area (Å²) in [7, 11) is 1.95. The molecule has 2 aromatic rings. The molecular weight excluding hydrogens is 329 g/mol. The maximum absolute atomic E-state index is 13.2. The van der Waals surface area contributed by atoms with Crippen LogP contribution in [0, 0.1) is 5.82 Å². The van der Waals surface area contributed by atoms with E-state index in [1.807, 2.05) is 13.1 Å². The Morgan fingerprint density at radius 1 is 1.14 bits per heavy atom. The fourth-order valence-electron chi connectivity index (χ4n) is 3.14. The molecule has 2 aromatic carbocycles. The molecule has 0 amide bonds. The van der Waals surface area contributed by atoms with Crippen LogP contribution in [0.5, 0.6) is 0 Å². The molecule has 0 saturated carbocycles. The van der Waals surface area contributed by atoms with Crippen molar-refractivity contribution in [3.63, 3.8) is 0 Å². The number of aryl methyl sites for hydroxylation is 2. The first-order valence-corrected chi connectivity index (χ1v) is 8.19.